The maximum Gasteiger partial charge on any atom is 0.369 e. The van der Waals surface area contributed by atoms with E-state index in [1.54, 1.807) is 6.07 Å². The van der Waals surface area contributed by atoms with Gasteiger partial charge in [0.1, 0.15) is 16.6 Å². The van der Waals surface area contributed by atoms with Gasteiger partial charge in [-0.1, -0.05) is 44.0 Å². The predicted molar refractivity (Wildman–Crippen MR) is 120 cm³/mol. The molecule has 0 amide bonds. The van der Waals surface area contributed by atoms with E-state index in [9.17, 15) is 9.90 Å². The number of carboxylic acid groups (broad SMARTS) is 1. The van der Waals surface area contributed by atoms with Crippen molar-refractivity contribution in [2.75, 3.05) is 24.9 Å². The molecule has 11 heteroatoms. The van der Waals surface area contributed by atoms with E-state index >= 15 is 0 Å². The number of para-hydroxylation sites is 1. The molecular formula is C23H27Cl2N3O6. The second kappa shape index (κ2) is 12.2. The van der Waals surface area contributed by atoms with Gasteiger partial charge in [-0.25, -0.2) is 27.8 Å². The molecule has 0 aliphatic heterocycles. The summed E-state index contributed by atoms with van der Waals surface area (Å²) in [5, 5.41) is 10.6. The van der Waals surface area contributed by atoms with Crippen LogP contribution in [-0.2, 0) is 0 Å². The van der Waals surface area contributed by atoms with Crippen LogP contribution in [0.2, 0.25) is 0 Å². The summed E-state index contributed by atoms with van der Waals surface area (Å²) >= 11 is 5.38. The fourth-order valence-electron chi connectivity index (χ4n) is 3.58. The van der Waals surface area contributed by atoms with Gasteiger partial charge in [0.05, 0.1) is 20.3 Å². The largest absolute Gasteiger partial charge is 0.478 e. The SMILES string of the molecule is CCCCCCl.CN(C)c1n2c3ccccc3cc(C(=O)O)c2c2cccc[n+]12.[O-][Cl+3]([O-])([O-])[O-]. The standard InChI is InChI=1S/C18H15N3O2.C5H11Cl.ClHO4/c1-19(2)18-20-10-6-5-9-15(20)16-13(17(22)23)11-12-7-3-4-8-14(12)21(16)18;1-2-3-4-5-6;2-1(3,4)5/h3-11H,1-2H3;2-5H2,1H3;(H,2,3,4,5). The van der Waals surface area contributed by atoms with Crippen LogP contribution in [0.25, 0.3) is 21.9 Å². The van der Waals surface area contributed by atoms with Crippen LogP contribution >= 0.6 is 11.6 Å². The highest BCUT2D eigenvalue weighted by Gasteiger charge is 2.27. The molecule has 0 bridgehead atoms. The van der Waals surface area contributed by atoms with Crippen LogP contribution < -0.4 is 27.9 Å². The van der Waals surface area contributed by atoms with Crippen LogP contribution in [0.5, 0.6) is 0 Å². The van der Waals surface area contributed by atoms with Crippen molar-refractivity contribution in [2.45, 2.75) is 26.2 Å². The van der Waals surface area contributed by atoms with Crippen LogP contribution in [0.4, 0.5) is 5.95 Å². The highest BCUT2D eigenvalue weighted by molar-refractivity contribution is 6.17. The van der Waals surface area contributed by atoms with Crippen LogP contribution in [0, 0.1) is 10.2 Å². The van der Waals surface area contributed by atoms with E-state index in [1.165, 1.54) is 19.3 Å². The second-order valence-electron chi connectivity index (χ2n) is 7.53. The summed E-state index contributed by atoms with van der Waals surface area (Å²) < 4.78 is 38.0. The fraction of sp³-hybridized carbons (Fsp3) is 0.304. The fourth-order valence-corrected chi connectivity index (χ4v) is 3.77. The van der Waals surface area contributed by atoms with Gasteiger partial charge in [0, 0.05) is 11.3 Å². The number of imidazole rings is 1. The third kappa shape index (κ3) is 6.92. The molecule has 4 aromatic rings. The number of benzene rings is 1. The minimum atomic E-state index is -4.94. The van der Waals surface area contributed by atoms with E-state index in [1.807, 2.05) is 76.5 Å². The van der Waals surface area contributed by atoms with E-state index in [2.05, 4.69) is 6.92 Å². The summed E-state index contributed by atoms with van der Waals surface area (Å²) in [6, 6.07) is 15.4. The Morgan fingerprint density at radius 3 is 2.24 bits per heavy atom. The molecule has 0 aliphatic rings. The Kier molecular flexibility index (Phi) is 9.87. The number of anilines is 1. The topological polar surface area (TPSA) is 141 Å². The minimum Gasteiger partial charge on any atom is -0.478 e. The van der Waals surface area contributed by atoms with Crippen LogP contribution in [-0.4, -0.2) is 35.5 Å². The van der Waals surface area contributed by atoms with Crippen molar-refractivity contribution in [1.82, 2.24) is 4.40 Å². The molecule has 34 heavy (non-hydrogen) atoms. The monoisotopic (exact) mass is 511 g/mol. The number of aromatic nitrogens is 2. The van der Waals surface area contributed by atoms with Gasteiger partial charge in [0.2, 0.25) is 0 Å². The maximum absolute atomic E-state index is 11.8. The molecule has 9 nitrogen and oxygen atoms in total. The lowest BCUT2D eigenvalue weighted by molar-refractivity contribution is -2.00. The van der Waals surface area contributed by atoms with E-state index in [0.29, 0.717) is 11.1 Å². The number of hydrogen-bond donors (Lipinski definition) is 1. The van der Waals surface area contributed by atoms with Gasteiger partial charge in [-0.15, -0.1) is 21.8 Å². The van der Waals surface area contributed by atoms with Crippen LogP contribution in [0.15, 0.2) is 54.7 Å². The van der Waals surface area contributed by atoms with Crippen molar-refractivity contribution < 1.29 is 43.2 Å². The molecule has 1 N–H and O–H groups in total. The summed E-state index contributed by atoms with van der Waals surface area (Å²) in [4.78, 5) is 13.8. The van der Waals surface area contributed by atoms with Crippen molar-refractivity contribution in [2.24, 2.45) is 0 Å². The van der Waals surface area contributed by atoms with Gasteiger partial charge in [-0.2, -0.15) is 4.40 Å². The number of hydrogen-bond acceptors (Lipinski definition) is 6. The Morgan fingerprint density at radius 1 is 1.09 bits per heavy atom. The Labute approximate surface area is 204 Å². The molecule has 0 unspecified atom stereocenters. The van der Waals surface area contributed by atoms with Gasteiger partial charge >= 0.3 is 11.9 Å². The number of unbranched alkanes of at least 4 members (excludes halogenated alkanes) is 2. The molecule has 3 aromatic heterocycles. The number of halogens is 2. The highest BCUT2D eigenvalue weighted by Crippen LogP contribution is 2.28. The van der Waals surface area contributed by atoms with Gasteiger partial charge in [-0.05, 0) is 30.7 Å². The summed E-state index contributed by atoms with van der Waals surface area (Å²) in [7, 11) is -1.02. The molecule has 0 radical (unpaired) electrons. The molecule has 3 heterocycles. The number of fused-ring (bicyclic) bond motifs is 5. The Bertz CT molecular complexity index is 1240. The zero-order chi connectivity index (χ0) is 25.5. The van der Waals surface area contributed by atoms with Crippen LogP contribution in [0.1, 0.15) is 36.5 Å². The number of carboxylic acids is 1. The highest BCUT2D eigenvalue weighted by atomic mass is 35.7. The molecule has 0 fully saturated rings. The molecule has 1 aromatic carbocycles. The van der Waals surface area contributed by atoms with Crippen molar-refractivity contribution >= 4 is 45.5 Å². The van der Waals surface area contributed by atoms with Gasteiger partial charge in [-0.3, -0.25) is 4.90 Å². The van der Waals surface area contributed by atoms with Crippen LogP contribution in [0.3, 0.4) is 0 Å². The first-order valence-electron chi connectivity index (χ1n) is 10.5. The Morgan fingerprint density at radius 2 is 1.71 bits per heavy atom. The lowest BCUT2D eigenvalue weighted by Gasteiger charge is -2.17. The van der Waals surface area contributed by atoms with Gasteiger partial charge in [0.15, 0.2) is 5.52 Å². The molecular weight excluding hydrogens is 485 g/mol. The zero-order valence-electron chi connectivity index (χ0n) is 19.1. The summed E-state index contributed by atoms with van der Waals surface area (Å²) in [6.07, 6.45) is 5.69. The van der Waals surface area contributed by atoms with Gasteiger partial charge in [0.25, 0.3) is 0 Å². The number of nitrogens with zero attached hydrogens (tertiary/aromatic N) is 3. The number of carbonyl (C=O) groups is 1. The third-order valence-corrected chi connectivity index (χ3v) is 5.11. The Hall–Kier alpha value is -2.66. The molecule has 4 rings (SSSR count). The number of pyridine rings is 2. The van der Waals surface area contributed by atoms with Crippen molar-refractivity contribution in [3.63, 3.8) is 0 Å². The zero-order valence-corrected chi connectivity index (χ0v) is 20.6. The van der Waals surface area contributed by atoms with E-state index in [4.69, 9.17) is 30.2 Å². The first-order chi connectivity index (χ1) is 16.0. The number of aromatic carboxylic acids is 1. The predicted octanol–water partition coefficient (Wildman–Crippen LogP) is 0.255. The summed E-state index contributed by atoms with van der Waals surface area (Å²) in [5.41, 5.74) is 2.88. The average molecular weight is 512 g/mol. The molecule has 0 spiro atoms. The smallest absolute Gasteiger partial charge is 0.369 e. The summed E-state index contributed by atoms with van der Waals surface area (Å²) in [6.45, 7) is 2.17. The number of rotatable bonds is 5. The molecule has 0 atom stereocenters. The average Bonchev–Trinajstić information content (AvgIpc) is 3.12. The quantitative estimate of drug-likeness (QED) is 0.230. The normalized spacial score (nSPS) is 11.1. The lowest BCUT2D eigenvalue weighted by atomic mass is 10.1. The molecule has 184 valence electrons. The molecule has 0 aliphatic carbocycles. The first-order valence-corrected chi connectivity index (χ1v) is 12.2. The van der Waals surface area contributed by atoms with Crippen molar-refractivity contribution in [1.29, 1.82) is 0 Å². The van der Waals surface area contributed by atoms with E-state index in [-0.39, 0.29) is 0 Å². The first kappa shape index (κ1) is 27.6. The lowest BCUT2D eigenvalue weighted by Crippen LogP contribution is -2.68. The van der Waals surface area contributed by atoms with Crippen molar-refractivity contribution in [3.8, 4) is 0 Å². The molecule has 0 saturated carbocycles. The summed E-state index contributed by atoms with van der Waals surface area (Å²) in [5.74, 6) is 0.818. The van der Waals surface area contributed by atoms with E-state index in [0.717, 1.165) is 28.2 Å². The molecule has 0 saturated heterocycles. The maximum atomic E-state index is 11.8. The third-order valence-electron chi connectivity index (χ3n) is 4.84. The van der Waals surface area contributed by atoms with Gasteiger partial charge < -0.3 is 5.11 Å². The Balaban J connectivity index is 0.000000313. The number of alkyl halides is 1. The van der Waals surface area contributed by atoms with Crippen molar-refractivity contribution in [3.05, 3.63) is 60.3 Å². The van der Waals surface area contributed by atoms with E-state index < -0.39 is 16.2 Å². The second-order valence-corrected chi connectivity index (χ2v) is 8.66. The minimum absolute atomic E-state index is 0.306.